The van der Waals surface area contributed by atoms with Crippen LogP contribution in [0.2, 0.25) is 0 Å². The first-order valence-electron chi connectivity index (χ1n) is 3.51. The Hall–Kier alpha value is -0.930. The molecule has 0 radical (unpaired) electrons. The smallest absolute Gasteiger partial charge is 0.0572 e. The summed E-state index contributed by atoms with van der Waals surface area (Å²) in [5.41, 5.74) is 4.97. The number of nitrogens with one attached hydrogen (secondary N) is 1. The number of aromatic nitrogens is 1. The first-order valence-corrected chi connectivity index (χ1v) is 3.51. The summed E-state index contributed by atoms with van der Waals surface area (Å²) in [6, 6.07) is 3.94. The maximum Gasteiger partial charge on any atom is 0.0572 e. The summed E-state index contributed by atoms with van der Waals surface area (Å²) >= 11 is 0. The van der Waals surface area contributed by atoms with Gasteiger partial charge in [-0.2, -0.15) is 5.48 Å². The molecule has 0 saturated heterocycles. The summed E-state index contributed by atoms with van der Waals surface area (Å²) in [5.74, 6) is 0. The normalized spacial score (nSPS) is 10.0. The maximum absolute atomic E-state index is 4.72. The second-order valence-electron chi connectivity index (χ2n) is 2.27. The van der Waals surface area contributed by atoms with Gasteiger partial charge < -0.3 is 4.84 Å². The molecule has 1 aromatic heterocycles. The molecule has 1 rings (SSSR count). The molecular weight excluding hydrogens is 140 g/mol. The van der Waals surface area contributed by atoms with E-state index in [0.717, 1.165) is 11.3 Å². The van der Waals surface area contributed by atoms with Gasteiger partial charge in [-0.05, 0) is 18.6 Å². The molecule has 11 heavy (non-hydrogen) atoms. The first kappa shape index (κ1) is 8.17. The summed E-state index contributed by atoms with van der Waals surface area (Å²) in [7, 11) is 1.60. The Morgan fingerprint density at radius 2 is 2.45 bits per heavy atom. The SMILES string of the molecule is CONCc1cccnc1C. The van der Waals surface area contributed by atoms with Crippen LogP contribution in [0.3, 0.4) is 0 Å². The van der Waals surface area contributed by atoms with Gasteiger partial charge in [-0.25, -0.2) is 0 Å². The molecule has 0 fully saturated rings. The topological polar surface area (TPSA) is 34.1 Å². The molecule has 0 atom stereocenters. The summed E-state index contributed by atoms with van der Waals surface area (Å²) < 4.78 is 0. The van der Waals surface area contributed by atoms with Crippen LogP contribution in [0.25, 0.3) is 0 Å². The van der Waals surface area contributed by atoms with Crippen molar-refractivity contribution in [2.24, 2.45) is 0 Å². The number of nitrogens with zero attached hydrogens (tertiary/aromatic N) is 1. The lowest BCUT2D eigenvalue weighted by molar-refractivity contribution is 0.0865. The van der Waals surface area contributed by atoms with Crippen molar-refractivity contribution in [2.75, 3.05) is 7.11 Å². The molecule has 3 heteroatoms. The minimum atomic E-state index is 0.705. The maximum atomic E-state index is 4.72. The molecule has 0 amide bonds. The van der Waals surface area contributed by atoms with Crippen LogP contribution in [-0.2, 0) is 11.4 Å². The number of rotatable bonds is 3. The van der Waals surface area contributed by atoms with Gasteiger partial charge in [-0.15, -0.1) is 0 Å². The van der Waals surface area contributed by atoms with E-state index in [0.29, 0.717) is 6.54 Å². The summed E-state index contributed by atoms with van der Waals surface area (Å²) in [5, 5.41) is 0. The highest BCUT2D eigenvalue weighted by Gasteiger charge is 1.95. The van der Waals surface area contributed by atoms with E-state index >= 15 is 0 Å². The van der Waals surface area contributed by atoms with Crippen LogP contribution in [-0.4, -0.2) is 12.1 Å². The quantitative estimate of drug-likeness (QED) is 0.657. The molecule has 0 aliphatic heterocycles. The molecule has 0 aromatic carbocycles. The minimum Gasteiger partial charge on any atom is -0.305 e. The van der Waals surface area contributed by atoms with Gasteiger partial charge in [0.05, 0.1) is 7.11 Å². The predicted octanol–water partition coefficient (Wildman–Crippen LogP) is 1.04. The van der Waals surface area contributed by atoms with Gasteiger partial charge >= 0.3 is 0 Å². The Kier molecular flexibility index (Phi) is 3.01. The van der Waals surface area contributed by atoms with Crippen LogP contribution >= 0.6 is 0 Å². The van der Waals surface area contributed by atoms with Crippen LogP contribution in [0.5, 0.6) is 0 Å². The van der Waals surface area contributed by atoms with Gasteiger partial charge in [0.25, 0.3) is 0 Å². The molecule has 0 spiro atoms. The second-order valence-corrected chi connectivity index (χ2v) is 2.27. The van der Waals surface area contributed by atoms with E-state index < -0.39 is 0 Å². The van der Waals surface area contributed by atoms with Crippen LogP contribution < -0.4 is 5.48 Å². The van der Waals surface area contributed by atoms with Crippen LogP contribution in [0, 0.1) is 6.92 Å². The largest absolute Gasteiger partial charge is 0.305 e. The molecule has 0 aliphatic carbocycles. The Bertz CT molecular complexity index is 225. The highest BCUT2D eigenvalue weighted by molar-refractivity contribution is 5.17. The van der Waals surface area contributed by atoms with Crippen LogP contribution in [0.1, 0.15) is 11.3 Å². The molecule has 0 saturated carbocycles. The number of hydrogen-bond acceptors (Lipinski definition) is 3. The Morgan fingerprint density at radius 3 is 3.09 bits per heavy atom. The Morgan fingerprint density at radius 1 is 1.64 bits per heavy atom. The molecule has 1 N–H and O–H groups in total. The molecular formula is C8H12N2O. The number of hydrogen-bond donors (Lipinski definition) is 1. The van der Waals surface area contributed by atoms with E-state index in [1.165, 1.54) is 0 Å². The molecule has 1 aromatic rings. The van der Waals surface area contributed by atoms with E-state index in [1.807, 2.05) is 19.1 Å². The van der Waals surface area contributed by atoms with E-state index in [9.17, 15) is 0 Å². The molecule has 1 heterocycles. The monoisotopic (exact) mass is 152 g/mol. The number of aryl methyl sites for hydroxylation is 1. The fourth-order valence-corrected chi connectivity index (χ4v) is 0.854. The lowest BCUT2D eigenvalue weighted by Crippen LogP contribution is -2.11. The summed E-state index contributed by atoms with van der Waals surface area (Å²) in [4.78, 5) is 8.86. The summed E-state index contributed by atoms with van der Waals surface area (Å²) in [6.07, 6.45) is 1.78. The molecule has 0 bridgehead atoms. The zero-order chi connectivity index (χ0) is 8.10. The molecule has 0 aliphatic rings. The Labute approximate surface area is 66.4 Å². The van der Waals surface area contributed by atoms with Gasteiger partial charge in [0, 0.05) is 18.4 Å². The highest BCUT2D eigenvalue weighted by Crippen LogP contribution is 2.01. The van der Waals surface area contributed by atoms with Crippen molar-refractivity contribution in [2.45, 2.75) is 13.5 Å². The zero-order valence-electron chi connectivity index (χ0n) is 6.79. The average molecular weight is 152 g/mol. The zero-order valence-corrected chi connectivity index (χ0v) is 6.79. The van der Waals surface area contributed by atoms with Crippen molar-refractivity contribution in [3.8, 4) is 0 Å². The lowest BCUT2D eigenvalue weighted by Gasteiger charge is -2.03. The number of hydroxylamine groups is 1. The van der Waals surface area contributed by atoms with E-state index in [4.69, 9.17) is 4.84 Å². The van der Waals surface area contributed by atoms with Gasteiger partial charge in [0.15, 0.2) is 0 Å². The van der Waals surface area contributed by atoms with Crippen molar-refractivity contribution in [3.63, 3.8) is 0 Å². The Balaban J connectivity index is 2.62. The second kappa shape index (κ2) is 4.05. The van der Waals surface area contributed by atoms with Crippen LogP contribution in [0.4, 0.5) is 0 Å². The standard InChI is InChI=1S/C8H12N2O/c1-7-8(6-10-11-2)4-3-5-9-7/h3-5,10H,6H2,1-2H3. The average Bonchev–Trinajstić information content (AvgIpc) is 2.03. The third-order valence-electron chi connectivity index (χ3n) is 1.52. The predicted molar refractivity (Wildman–Crippen MR) is 42.8 cm³/mol. The molecule has 60 valence electrons. The van der Waals surface area contributed by atoms with Gasteiger partial charge in [0.2, 0.25) is 0 Å². The minimum absolute atomic E-state index is 0.705. The summed E-state index contributed by atoms with van der Waals surface area (Å²) in [6.45, 7) is 2.68. The van der Waals surface area contributed by atoms with Gasteiger partial charge in [-0.1, -0.05) is 6.07 Å². The fraction of sp³-hybridized carbons (Fsp3) is 0.375. The third-order valence-corrected chi connectivity index (χ3v) is 1.52. The van der Waals surface area contributed by atoms with Gasteiger partial charge in [0.1, 0.15) is 0 Å². The van der Waals surface area contributed by atoms with Crippen molar-refractivity contribution in [1.82, 2.24) is 10.5 Å². The van der Waals surface area contributed by atoms with Crippen molar-refractivity contribution < 1.29 is 4.84 Å². The van der Waals surface area contributed by atoms with Crippen molar-refractivity contribution in [1.29, 1.82) is 0 Å². The van der Waals surface area contributed by atoms with E-state index in [1.54, 1.807) is 13.3 Å². The lowest BCUT2D eigenvalue weighted by atomic mass is 10.2. The fourth-order valence-electron chi connectivity index (χ4n) is 0.854. The first-order chi connectivity index (χ1) is 5.34. The van der Waals surface area contributed by atoms with Crippen molar-refractivity contribution in [3.05, 3.63) is 29.6 Å². The molecule has 0 unspecified atom stereocenters. The van der Waals surface area contributed by atoms with Crippen LogP contribution in [0.15, 0.2) is 18.3 Å². The highest BCUT2D eigenvalue weighted by atomic mass is 16.6. The third kappa shape index (κ3) is 2.29. The van der Waals surface area contributed by atoms with E-state index in [-0.39, 0.29) is 0 Å². The van der Waals surface area contributed by atoms with E-state index in [2.05, 4.69) is 10.5 Å². The number of pyridine rings is 1. The van der Waals surface area contributed by atoms with Crippen molar-refractivity contribution >= 4 is 0 Å². The molecule has 3 nitrogen and oxygen atoms in total. The van der Waals surface area contributed by atoms with Gasteiger partial charge in [-0.3, -0.25) is 4.98 Å².